The molecule has 4 nitrogen and oxygen atoms in total. The Morgan fingerprint density at radius 1 is 1.44 bits per heavy atom. The maximum absolute atomic E-state index is 12.0. The standard InChI is InChI=1S/C13H20N2O2S/c1-3-8-18(17)10(2)13(16)15-12-7-5-4-6-11(12)9-14/h4-7,10H,3,8-9,14H2,1-2H3,(H,15,16). The minimum atomic E-state index is -1.12. The molecule has 100 valence electrons. The summed E-state index contributed by atoms with van der Waals surface area (Å²) < 4.78 is 11.8. The topological polar surface area (TPSA) is 72.2 Å². The first-order chi connectivity index (χ1) is 8.60. The van der Waals surface area contributed by atoms with E-state index >= 15 is 0 Å². The van der Waals surface area contributed by atoms with Crippen molar-refractivity contribution in [2.45, 2.75) is 32.1 Å². The molecular formula is C13H20N2O2S. The SMILES string of the molecule is CCCS(=O)C(C)C(=O)Nc1ccccc1CN. The van der Waals surface area contributed by atoms with E-state index in [9.17, 15) is 9.00 Å². The fourth-order valence-electron chi connectivity index (χ4n) is 1.55. The van der Waals surface area contributed by atoms with Crippen molar-refractivity contribution in [1.82, 2.24) is 0 Å². The smallest absolute Gasteiger partial charge is 0.239 e. The zero-order chi connectivity index (χ0) is 13.5. The lowest BCUT2D eigenvalue weighted by Gasteiger charge is -2.13. The van der Waals surface area contributed by atoms with Crippen molar-refractivity contribution < 1.29 is 9.00 Å². The molecule has 3 N–H and O–H groups in total. The highest BCUT2D eigenvalue weighted by Crippen LogP contribution is 2.15. The predicted octanol–water partition coefficient (Wildman–Crippen LogP) is 1.63. The second-order valence-electron chi connectivity index (χ2n) is 4.08. The van der Waals surface area contributed by atoms with Crippen LogP contribution >= 0.6 is 0 Å². The highest BCUT2D eigenvalue weighted by Gasteiger charge is 2.19. The molecule has 0 fully saturated rings. The van der Waals surface area contributed by atoms with Gasteiger partial charge in [0.25, 0.3) is 0 Å². The molecule has 0 saturated heterocycles. The third kappa shape index (κ3) is 3.92. The first-order valence-electron chi connectivity index (χ1n) is 6.06. The fraction of sp³-hybridized carbons (Fsp3) is 0.462. The molecule has 18 heavy (non-hydrogen) atoms. The Morgan fingerprint density at radius 3 is 2.72 bits per heavy atom. The van der Waals surface area contributed by atoms with E-state index < -0.39 is 16.0 Å². The summed E-state index contributed by atoms with van der Waals surface area (Å²) in [6, 6.07) is 7.37. The Labute approximate surface area is 110 Å². The quantitative estimate of drug-likeness (QED) is 0.823. The van der Waals surface area contributed by atoms with Gasteiger partial charge >= 0.3 is 0 Å². The van der Waals surface area contributed by atoms with E-state index in [4.69, 9.17) is 5.73 Å². The lowest BCUT2D eigenvalue weighted by Crippen LogP contribution is -2.30. The number of carbonyl (C=O) groups excluding carboxylic acids is 1. The molecule has 1 amide bonds. The zero-order valence-corrected chi connectivity index (χ0v) is 11.6. The average Bonchev–Trinajstić information content (AvgIpc) is 2.38. The van der Waals surface area contributed by atoms with Gasteiger partial charge < -0.3 is 11.1 Å². The number of anilines is 1. The van der Waals surface area contributed by atoms with Crippen LogP contribution in [0.4, 0.5) is 5.69 Å². The van der Waals surface area contributed by atoms with Crippen LogP contribution in [0.5, 0.6) is 0 Å². The summed E-state index contributed by atoms with van der Waals surface area (Å²) in [6.45, 7) is 4.00. The van der Waals surface area contributed by atoms with Crippen molar-refractivity contribution in [3.63, 3.8) is 0 Å². The van der Waals surface area contributed by atoms with E-state index in [-0.39, 0.29) is 5.91 Å². The number of hydrogen-bond donors (Lipinski definition) is 2. The van der Waals surface area contributed by atoms with E-state index in [1.54, 1.807) is 13.0 Å². The molecule has 0 aliphatic carbocycles. The Balaban J connectivity index is 2.72. The Kier molecular flexibility index (Phi) is 6.01. The van der Waals surface area contributed by atoms with Crippen molar-refractivity contribution in [3.8, 4) is 0 Å². The molecule has 1 aromatic carbocycles. The Morgan fingerprint density at radius 2 is 2.11 bits per heavy atom. The molecule has 1 aromatic rings. The van der Waals surface area contributed by atoms with Gasteiger partial charge in [-0.15, -0.1) is 0 Å². The van der Waals surface area contributed by atoms with Gasteiger partial charge in [0, 0.05) is 28.8 Å². The van der Waals surface area contributed by atoms with Crippen molar-refractivity contribution in [1.29, 1.82) is 0 Å². The maximum atomic E-state index is 12.0. The minimum absolute atomic E-state index is 0.220. The van der Waals surface area contributed by atoms with Gasteiger partial charge in [0.2, 0.25) is 5.91 Å². The molecular weight excluding hydrogens is 248 g/mol. The Hall–Kier alpha value is -1.20. The van der Waals surface area contributed by atoms with Gasteiger partial charge in [-0.2, -0.15) is 0 Å². The van der Waals surface area contributed by atoms with E-state index in [0.29, 0.717) is 18.0 Å². The van der Waals surface area contributed by atoms with Gasteiger partial charge in [0.15, 0.2) is 0 Å². The zero-order valence-electron chi connectivity index (χ0n) is 10.8. The summed E-state index contributed by atoms with van der Waals surface area (Å²) in [5.41, 5.74) is 7.17. The number of carbonyl (C=O) groups is 1. The summed E-state index contributed by atoms with van der Waals surface area (Å²) in [5.74, 6) is 0.329. The number of rotatable bonds is 6. The molecule has 2 atom stereocenters. The first-order valence-corrected chi connectivity index (χ1v) is 7.44. The largest absolute Gasteiger partial charge is 0.326 e. The minimum Gasteiger partial charge on any atom is -0.326 e. The fourth-order valence-corrected chi connectivity index (χ4v) is 2.61. The van der Waals surface area contributed by atoms with Crippen LogP contribution in [0.2, 0.25) is 0 Å². The van der Waals surface area contributed by atoms with Crippen molar-refractivity contribution >= 4 is 22.4 Å². The first kappa shape index (κ1) is 14.9. The van der Waals surface area contributed by atoms with Crippen LogP contribution in [-0.2, 0) is 22.1 Å². The van der Waals surface area contributed by atoms with Gasteiger partial charge in [0.05, 0.1) is 0 Å². The lowest BCUT2D eigenvalue weighted by atomic mass is 10.2. The van der Waals surface area contributed by atoms with Crippen LogP contribution in [0.1, 0.15) is 25.8 Å². The van der Waals surface area contributed by atoms with E-state index in [2.05, 4.69) is 5.32 Å². The molecule has 2 unspecified atom stereocenters. The van der Waals surface area contributed by atoms with Gasteiger partial charge in [-0.05, 0) is 25.0 Å². The van der Waals surface area contributed by atoms with Gasteiger partial charge in [-0.25, -0.2) is 0 Å². The van der Waals surface area contributed by atoms with Gasteiger partial charge in [0.1, 0.15) is 5.25 Å². The van der Waals surface area contributed by atoms with Gasteiger partial charge in [-0.1, -0.05) is 25.1 Å². The lowest BCUT2D eigenvalue weighted by molar-refractivity contribution is -0.115. The molecule has 0 radical (unpaired) electrons. The molecule has 0 bridgehead atoms. The van der Waals surface area contributed by atoms with Crippen molar-refractivity contribution in [2.24, 2.45) is 5.73 Å². The second-order valence-corrected chi connectivity index (χ2v) is 5.95. The van der Waals surface area contributed by atoms with Crippen LogP contribution in [0.15, 0.2) is 24.3 Å². The van der Waals surface area contributed by atoms with Crippen LogP contribution in [0, 0.1) is 0 Å². The highest BCUT2D eigenvalue weighted by atomic mass is 32.2. The Bertz CT molecular complexity index is 435. The summed E-state index contributed by atoms with van der Waals surface area (Å²) in [6.07, 6.45) is 0.809. The third-order valence-electron chi connectivity index (χ3n) is 2.66. The van der Waals surface area contributed by atoms with E-state index in [0.717, 1.165) is 12.0 Å². The van der Waals surface area contributed by atoms with Crippen LogP contribution in [0.25, 0.3) is 0 Å². The van der Waals surface area contributed by atoms with Crippen LogP contribution in [0.3, 0.4) is 0 Å². The third-order valence-corrected chi connectivity index (χ3v) is 4.48. The molecule has 0 aromatic heterocycles. The average molecular weight is 268 g/mol. The summed E-state index contributed by atoms with van der Waals surface area (Å²) in [5, 5.41) is 2.28. The molecule has 0 aliphatic rings. The molecule has 0 spiro atoms. The molecule has 0 heterocycles. The molecule has 5 heteroatoms. The van der Waals surface area contributed by atoms with Crippen molar-refractivity contribution in [2.75, 3.05) is 11.1 Å². The monoisotopic (exact) mass is 268 g/mol. The molecule has 0 saturated carbocycles. The number of benzene rings is 1. The molecule has 1 rings (SSSR count). The number of amides is 1. The van der Waals surface area contributed by atoms with Crippen molar-refractivity contribution in [3.05, 3.63) is 29.8 Å². The summed E-state index contributed by atoms with van der Waals surface area (Å²) >= 11 is 0. The van der Waals surface area contributed by atoms with E-state index in [1.165, 1.54) is 0 Å². The summed E-state index contributed by atoms with van der Waals surface area (Å²) in [7, 11) is -1.12. The normalized spacial score (nSPS) is 13.9. The highest BCUT2D eigenvalue weighted by molar-refractivity contribution is 7.86. The van der Waals surface area contributed by atoms with Crippen LogP contribution in [-0.4, -0.2) is 21.1 Å². The number of para-hydroxylation sites is 1. The van der Waals surface area contributed by atoms with Gasteiger partial charge in [-0.3, -0.25) is 9.00 Å². The van der Waals surface area contributed by atoms with E-state index in [1.807, 2.05) is 25.1 Å². The number of nitrogens with two attached hydrogens (primary N) is 1. The molecule has 0 aliphatic heterocycles. The number of hydrogen-bond acceptors (Lipinski definition) is 3. The predicted molar refractivity (Wildman–Crippen MR) is 75.7 cm³/mol. The summed E-state index contributed by atoms with van der Waals surface area (Å²) in [4.78, 5) is 12.0. The number of nitrogens with one attached hydrogen (secondary N) is 1. The maximum Gasteiger partial charge on any atom is 0.239 e. The second kappa shape index (κ2) is 7.28. The van der Waals surface area contributed by atoms with Crippen LogP contribution < -0.4 is 11.1 Å².